The molecule has 0 aromatic heterocycles. The molecule has 0 spiro atoms. The van der Waals surface area contributed by atoms with Gasteiger partial charge in [0.25, 0.3) is 5.91 Å². The number of carbonyl (C=O) groups is 3. The van der Waals surface area contributed by atoms with Crippen LogP contribution < -0.4 is 5.32 Å². The molecule has 6 nitrogen and oxygen atoms in total. The minimum Gasteiger partial charge on any atom is -0.462 e. The van der Waals surface area contributed by atoms with Crippen molar-refractivity contribution in [2.75, 3.05) is 11.9 Å². The average Bonchev–Trinajstić information content (AvgIpc) is 3.16. The molecule has 1 heterocycles. The zero-order valence-corrected chi connectivity index (χ0v) is 12.7. The van der Waals surface area contributed by atoms with Crippen LogP contribution in [-0.4, -0.2) is 30.6 Å². The summed E-state index contributed by atoms with van der Waals surface area (Å²) in [5.74, 6) is -2.44. The Kier molecular flexibility index (Phi) is 3.51. The van der Waals surface area contributed by atoms with E-state index >= 15 is 0 Å². The summed E-state index contributed by atoms with van der Waals surface area (Å²) in [5, 5.41) is 2.52. The Morgan fingerprint density at radius 3 is 2.75 bits per heavy atom. The second-order valence-electron chi connectivity index (χ2n) is 6.59. The minimum absolute atomic E-state index is 0.0432. The number of ether oxygens (including phenoxy) is 2. The van der Waals surface area contributed by atoms with E-state index < -0.39 is 36.1 Å². The second-order valence-corrected chi connectivity index (χ2v) is 6.59. The first-order valence-corrected chi connectivity index (χ1v) is 7.95. The summed E-state index contributed by atoms with van der Waals surface area (Å²) in [4.78, 5) is 36.0. The number of halogens is 1. The van der Waals surface area contributed by atoms with Gasteiger partial charge in [0.2, 0.25) is 0 Å². The fraction of sp³-hybridized carbons (Fsp3) is 0.471. The van der Waals surface area contributed by atoms with Crippen LogP contribution in [0.1, 0.15) is 12.8 Å². The van der Waals surface area contributed by atoms with Crippen LogP contribution in [0.5, 0.6) is 0 Å². The summed E-state index contributed by atoms with van der Waals surface area (Å²) in [6, 6.07) is 5.28. The first-order valence-electron chi connectivity index (χ1n) is 7.95. The van der Waals surface area contributed by atoms with E-state index in [9.17, 15) is 18.8 Å². The highest BCUT2D eigenvalue weighted by Crippen LogP contribution is 2.57. The van der Waals surface area contributed by atoms with Gasteiger partial charge in [0.1, 0.15) is 11.9 Å². The lowest BCUT2D eigenvalue weighted by Crippen LogP contribution is -2.34. The molecular weight excluding hydrogens is 317 g/mol. The van der Waals surface area contributed by atoms with Gasteiger partial charge in [-0.3, -0.25) is 14.4 Å². The smallest absolute Gasteiger partial charge is 0.310 e. The number of hydrogen-bond acceptors (Lipinski definition) is 5. The molecule has 1 N–H and O–H groups in total. The molecule has 4 rings (SSSR count). The number of anilines is 1. The number of rotatable bonds is 4. The fourth-order valence-electron chi connectivity index (χ4n) is 4.29. The molecule has 1 aromatic rings. The zero-order chi connectivity index (χ0) is 16.8. The Balaban J connectivity index is 1.33. The van der Waals surface area contributed by atoms with Crippen molar-refractivity contribution in [2.45, 2.75) is 18.9 Å². The van der Waals surface area contributed by atoms with Crippen LogP contribution in [0.3, 0.4) is 0 Å². The van der Waals surface area contributed by atoms with Crippen molar-refractivity contribution < 1.29 is 28.2 Å². The molecule has 3 aliphatic rings. The SMILES string of the molecule is O=C(COC(=O)[C@@H]1[C@@H]2C[C@@H]3[C@H]1C(=O)O[C@@H]3C2)Nc1ccc(F)cc1. The molecule has 2 aliphatic carbocycles. The molecule has 2 bridgehead atoms. The van der Waals surface area contributed by atoms with Crippen LogP contribution in [0.2, 0.25) is 0 Å². The number of hydrogen-bond donors (Lipinski definition) is 1. The van der Waals surface area contributed by atoms with E-state index in [0.717, 1.165) is 6.42 Å². The molecular formula is C17H16FNO5. The van der Waals surface area contributed by atoms with Crippen molar-refractivity contribution in [2.24, 2.45) is 23.7 Å². The first-order chi connectivity index (χ1) is 11.5. The standard InChI is InChI=1S/C17H16FNO5/c18-9-1-3-10(4-2-9)19-13(20)7-23-16(21)14-8-5-11-12(6-8)24-17(22)15(11)14/h1-4,8,11-12,14-15H,5-7H2,(H,19,20)/t8-,11+,12-,14-,15-/m1/s1. The number of benzene rings is 1. The van der Waals surface area contributed by atoms with Crippen LogP contribution >= 0.6 is 0 Å². The third-order valence-corrected chi connectivity index (χ3v) is 5.23. The lowest BCUT2D eigenvalue weighted by molar-refractivity contribution is -0.157. The third-order valence-electron chi connectivity index (χ3n) is 5.23. The van der Waals surface area contributed by atoms with Gasteiger partial charge < -0.3 is 14.8 Å². The quantitative estimate of drug-likeness (QED) is 0.845. The van der Waals surface area contributed by atoms with Crippen molar-refractivity contribution in [3.63, 3.8) is 0 Å². The van der Waals surface area contributed by atoms with Crippen LogP contribution in [0.15, 0.2) is 24.3 Å². The summed E-state index contributed by atoms with van der Waals surface area (Å²) in [6.45, 7) is -0.435. The third kappa shape index (κ3) is 2.44. The van der Waals surface area contributed by atoms with Gasteiger partial charge in [-0.25, -0.2) is 4.39 Å². The molecule has 5 atom stereocenters. The van der Waals surface area contributed by atoms with Crippen LogP contribution in [0.4, 0.5) is 10.1 Å². The molecule has 24 heavy (non-hydrogen) atoms. The Labute approximate surface area is 137 Å². The van der Waals surface area contributed by atoms with E-state index in [2.05, 4.69) is 5.32 Å². The molecule has 126 valence electrons. The maximum Gasteiger partial charge on any atom is 0.310 e. The van der Waals surface area contributed by atoms with Crippen LogP contribution in [0.25, 0.3) is 0 Å². The van der Waals surface area contributed by atoms with Gasteiger partial charge in [0.05, 0.1) is 11.8 Å². The largest absolute Gasteiger partial charge is 0.462 e. The van der Waals surface area contributed by atoms with Gasteiger partial charge >= 0.3 is 11.9 Å². The monoisotopic (exact) mass is 333 g/mol. The summed E-state index contributed by atoms with van der Waals surface area (Å²) in [6.07, 6.45) is 1.47. The Morgan fingerprint density at radius 1 is 1.25 bits per heavy atom. The molecule has 1 saturated heterocycles. The molecule has 1 aromatic carbocycles. The summed E-state index contributed by atoms with van der Waals surface area (Å²) in [5.41, 5.74) is 0.416. The first kappa shape index (κ1) is 15.1. The van der Waals surface area contributed by atoms with Gasteiger partial charge in [-0.2, -0.15) is 0 Å². The van der Waals surface area contributed by atoms with Gasteiger partial charge in [0.15, 0.2) is 6.61 Å². The highest BCUT2D eigenvalue weighted by molar-refractivity contribution is 5.93. The second kappa shape index (κ2) is 5.58. The van der Waals surface area contributed by atoms with E-state index in [1.54, 1.807) is 0 Å². The molecule has 1 amide bonds. The Morgan fingerprint density at radius 2 is 2.00 bits per heavy atom. The van der Waals surface area contributed by atoms with E-state index in [1.807, 2.05) is 0 Å². The number of carbonyl (C=O) groups excluding carboxylic acids is 3. The molecule has 2 saturated carbocycles. The topological polar surface area (TPSA) is 81.7 Å². The molecule has 7 heteroatoms. The normalized spacial score (nSPS) is 32.5. The maximum absolute atomic E-state index is 12.8. The Bertz CT molecular complexity index is 701. The molecule has 0 unspecified atom stereocenters. The van der Waals surface area contributed by atoms with Gasteiger partial charge in [-0.05, 0) is 43.0 Å². The number of amides is 1. The van der Waals surface area contributed by atoms with Crippen molar-refractivity contribution in [3.05, 3.63) is 30.1 Å². The molecule has 0 radical (unpaired) electrons. The van der Waals surface area contributed by atoms with Crippen molar-refractivity contribution in [1.29, 1.82) is 0 Å². The van der Waals surface area contributed by atoms with E-state index in [-0.39, 0.29) is 23.9 Å². The summed E-state index contributed by atoms with van der Waals surface area (Å²) in [7, 11) is 0. The van der Waals surface area contributed by atoms with Gasteiger partial charge in [-0.1, -0.05) is 0 Å². The predicted molar refractivity (Wildman–Crippen MR) is 79.1 cm³/mol. The number of esters is 2. The van der Waals surface area contributed by atoms with Gasteiger partial charge in [-0.15, -0.1) is 0 Å². The Hall–Kier alpha value is -2.44. The van der Waals surface area contributed by atoms with Crippen LogP contribution in [0, 0.1) is 29.5 Å². The number of nitrogens with one attached hydrogen (secondary N) is 1. The van der Waals surface area contributed by atoms with E-state index in [4.69, 9.17) is 9.47 Å². The summed E-state index contributed by atoms with van der Waals surface area (Å²) >= 11 is 0. The van der Waals surface area contributed by atoms with Crippen molar-refractivity contribution >= 4 is 23.5 Å². The molecule has 3 fully saturated rings. The van der Waals surface area contributed by atoms with Gasteiger partial charge in [0, 0.05) is 11.6 Å². The lowest BCUT2D eigenvalue weighted by atomic mass is 9.80. The maximum atomic E-state index is 12.8. The zero-order valence-electron chi connectivity index (χ0n) is 12.7. The number of fused-ring (bicyclic) bond motifs is 1. The minimum atomic E-state index is -0.515. The highest BCUT2D eigenvalue weighted by atomic mass is 19.1. The van der Waals surface area contributed by atoms with E-state index in [1.165, 1.54) is 24.3 Å². The average molecular weight is 333 g/mol. The van der Waals surface area contributed by atoms with Crippen molar-refractivity contribution in [3.8, 4) is 0 Å². The fourth-order valence-corrected chi connectivity index (χ4v) is 4.29. The highest BCUT2D eigenvalue weighted by Gasteiger charge is 2.64. The van der Waals surface area contributed by atoms with E-state index in [0.29, 0.717) is 12.1 Å². The van der Waals surface area contributed by atoms with Crippen molar-refractivity contribution in [1.82, 2.24) is 0 Å². The lowest BCUT2D eigenvalue weighted by Gasteiger charge is -2.22. The predicted octanol–water partition coefficient (Wildman–Crippen LogP) is 1.50. The molecule has 1 aliphatic heterocycles. The summed E-state index contributed by atoms with van der Waals surface area (Å²) < 4.78 is 23.2. The van der Waals surface area contributed by atoms with Crippen LogP contribution in [-0.2, 0) is 23.9 Å².